The van der Waals surface area contributed by atoms with Crippen molar-refractivity contribution in [2.45, 2.75) is 31.4 Å². The van der Waals surface area contributed by atoms with Crippen molar-refractivity contribution in [3.05, 3.63) is 35.4 Å². The average Bonchev–Trinajstić information content (AvgIpc) is 3.27. The summed E-state index contributed by atoms with van der Waals surface area (Å²) < 4.78 is 0. The van der Waals surface area contributed by atoms with E-state index in [4.69, 9.17) is 5.26 Å². The molecule has 0 radical (unpaired) electrons. The van der Waals surface area contributed by atoms with Gasteiger partial charge in [0.2, 0.25) is 0 Å². The molecule has 0 aromatic heterocycles. The Morgan fingerprint density at radius 2 is 2.05 bits per heavy atom. The van der Waals surface area contributed by atoms with Gasteiger partial charge < -0.3 is 15.3 Å². The van der Waals surface area contributed by atoms with Crippen molar-refractivity contribution in [3.8, 4) is 6.07 Å². The summed E-state index contributed by atoms with van der Waals surface area (Å²) in [4.78, 5) is 2.61. The van der Waals surface area contributed by atoms with E-state index < -0.39 is 6.10 Å². The normalized spacial score (nSPS) is 23.9. The Balaban J connectivity index is 1.39. The molecule has 4 nitrogen and oxygen atoms in total. The van der Waals surface area contributed by atoms with Crippen LogP contribution in [0.4, 0.5) is 0 Å². The third-order valence-corrected chi connectivity index (χ3v) is 4.58. The van der Waals surface area contributed by atoms with Gasteiger partial charge in [0.15, 0.2) is 0 Å². The SMILES string of the molecule is N#Cc1ccc(C(O)CNCC2CCN(C3CC3)C2)cc1. The quantitative estimate of drug-likeness (QED) is 0.834. The van der Waals surface area contributed by atoms with Gasteiger partial charge >= 0.3 is 0 Å². The summed E-state index contributed by atoms with van der Waals surface area (Å²) in [5.74, 6) is 0.721. The summed E-state index contributed by atoms with van der Waals surface area (Å²) in [6, 6.07) is 10.1. The Kier molecular flexibility index (Phi) is 4.54. The number of nitrogens with one attached hydrogen (secondary N) is 1. The molecule has 2 aliphatic rings. The molecule has 2 N–H and O–H groups in total. The monoisotopic (exact) mass is 285 g/mol. The zero-order chi connectivity index (χ0) is 14.7. The van der Waals surface area contributed by atoms with Gasteiger partial charge in [0.25, 0.3) is 0 Å². The highest BCUT2D eigenvalue weighted by atomic mass is 16.3. The Labute approximate surface area is 126 Å². The van der Waals surface area contributed by atoms with E-state index in [0.717, 1.165) is 24.1 Å². The number of nitriles is 1. The highest BCUT2D eigenvalue weighted by molar-refractivity contribution is 5.32. The van der Waals surface area contributed by atoms with Crippen molar-refractivity contribution < 1.29 is 5.11 Å². The Morgan fingerprint density at radius 3 is 2.71 bits per heavy atom. The number of hydrogen-bond donors (Lipinski definition) is 2. The number of aliphatic hydroxyl groups excluding tert-OH is 1. The van der Waals surface area contributed by atoms with Crippen molar-refractivity contribution in [1.29, 1.82) is 5.26 Å². The van der Waals surface area contributed by atoms with Gasteiger partial charge in [-0.3, -0.25) is 0 Å². The first kappa shape index (κ1) is 14.5. The highest BCUT2D eigenvalue weighted by Gasteiger charge is 2.34. The fourth-order valence-corrected chi connectivity index (χ4v) is 3.12. The van der Waals surface area contributed by atoms with Crippen LogP contribution in [0.15, 0.2) is 24.3 Å². The second-order valence-corrected chi connectivity index (χ2v) is 6.29. The molecule has 21 heavy (non-hydrogen) atoms. The second-order valence-electron chi connectivity index (χ2n) is 6.29. The molecular weight excluding hydrogens is 262 g/mol. The van der Waals surface area contributed by atoms with Crippen LogP contribution in [0.5, 0.6) is 0 Å². The maximum Gasteiger partial charge on any atom is 0.0991 e. The van der Waals surface area contributed by atoms with Crippen LogP contribution in [-0.2, 0) is 0 Å². The standard InChI is InChI=1S/C17H23N3O/c18-9-13-1-3-15(4-2-13)17(21)11-19-10-14-7-8-20(12-14)16-5-6-16/h1-4,14,16-17,19,21H,5-8,10-12H2. The topological polar surface area (TPSA) is 59.3 Å². The van der Waals surface area contributed by atoms with Gasteiger partial charge in [-0.15, -0.1) is 0 Å². The van der Waals surface area contributed by atoms with Gasteiger partial charge in [-0.25, -0.2) is 0 Å². The van der Waals surface area contributed by atoms with Crippen LogP contribution < -0.4 is 5.32 Å². The first-order valence-corrected chi connectivity index (χ1v) is 7.89. The Hall–Kier alpha value is -1.41. The lowest BCUT2D eigenvalue weighted by molar-refractivity contribution is 0.172. The van der Waals surface area contributed by atoms with Crippen LogP contribution in [0.25, 0.3) is 0 Å². The lowest BCUT2D eigenvalue weighted by atomic mass is 10.1. The van der Waals surface area contributed by atoms with E-state index >= 15 is 0 Å². The zero-order valence-electron chi connectivity index (χ0n) is 12.3. The Bertz CT molecular complexity index is 504. The van der Waals surface area contributed by atoms with Gasteiger partial charge in [-0.05, 0) is 56.0 Å². The first-order chi connectivity index (χ1) is 10.3. The maximum absolute atomic E-state index is 10.2. The molecule has 1 saturated carbocycles. The smallest absolute Gasteiger partial charge is 0.0991 e. The second kappa shape index (κ2) is 6.57. The van der Waals surface area contributed by atoms with Gasteiger partial charge in [-0.1, -0.05) is 12.1 Å². The minimum absolute atomic E-state index is 0.501. The molecule has 1 saturated heterocycles. The Morgan fingerprint density at radius 1 is 1.29 bits per heavy atom. The molecule has 1 heterocycles. The minimum atomic E-state index is -0.501. The number of nitrogens with zero attached hydrogens (tertiary/aromatic N) is 2. The summed E-state index contributed by atoms with van der Waals surface area (Å²) in [5, 5.41) is 22.3. The van der Waals surface area contributed by atoms with E-state index in [1.54, 1.807) is 12.1 Å². The molecule has 0 amide bonds. The van der Waals surface area contributed by atoms with Crippen LogP contribution in [-0.4, -0.2) is 42.2 Å². The van der Waals surface area contributed by atoms with Gasteiger partial charge in [0, 0.05) is 19.1 Å². The molecule has 2 unspecified atom stereocenters. The van der Waals surface area contributed by atoms with Crippen LogP contribution in [0.1, 0.15) is 36.5 Å². The number of likely N-dealkylation sites (tertiary alicyclic amines) is 1. The molecule has 0 spiro atoms. The fourth-order valence-electron chi connectivity index (χ4n) is 3.12. The van der Waals surface area contributed by atoms with Crippen molar-refractivity contribution in [3.63, 3.8) is 0 Å². The van der Waals surface area contributed by atoms with E-state index in [9.17, 15) is 5.11 Å². The van der Waals surface area contributed by atoms with E-state index in [-0.39, 0.29) is 0 Å². The molecular formula is C17H23N3O. The molecule has 2 fully saturated rings. The van der Waals surface area contributed by atoms with Crippen LogP contribution in [0.3, 0.4) is 0 Å². The van der Waals surface area contributed by atoms with Crippen molar-refractivity contribution >= 4 is 0 Å². The average molecular weight is 285 g/mol. The number of rotatable bonds is 6. The third-order valence-electron chi connectivity index (χ3n) is 4.58. The molecule has 112 valence electrons. The molecule has 3 rings (SSSR count). The lowest BCUT2D eigenvalue weighted by Crippen LogP contribution is -2.30. The number of aliphatic hydroxyl groups is 1. The molecule has 1 aromatic rings. The number of benzene rings is 1. The number of hydrogen-bond acceptors (Lipinski definition) is 4. The van der Waals surface area contributed by atoms with Gasteiger partial charge in [-0.2, -0.15) is 5.26 Å². The summed E-state index contributed by atoms with van der Waals surface area (Å²) in [7, 11) is 0. The highest BCUT2D eigenvalue weighted by Crippen LogP contribution is 2.31. The van der Waals surface area contributed by atoms with Gasteiger partial charge in [0.1, 0.15) is 0 Å². The van der Waals surface area contributed by atoms with Crippen molar-refractivity contribution in [2.24, 2.45) is 5.92 Å². The molecule has 1 aromatic carbocycles. The summed E-state index contributed by atoms with van der Waals surface area (Å²) >= 11 is 0. The predicted molar refractivity (Wildman–Crippen MR) is 81.7 cm³/mol. The van der Waals surface area contributed by atoms with E-state index in [1.165, 1.54) is 32.4 Å². The molecule has 0 bridgehead atoms. The van der Waals surface area contributed by atoms with Crippen LogP contribution in [0, 0.1) is 17.2 Å². The summed E-state index contributed by atoms with van der Waals surface area (Å²) in [6.07, 6.45) is 3.55. The van der Waals surface area contributed by atoms with Gasteiger partial charge in [0.05, 0.1) is 17.7 Å². The van der Waals surface area contributed by atoms with E-state index in [0.29, 0.717) is 12.1 Å². The zero-order valence-corrected chi connectivity index (χ0v) is 12.3. The molecule has 1 aliphatic carbocycles. The minimum Gasteiger partial charge on any atom is -0.387 e. The third kappa shape index (κ3) is 3.82. The molecule has 1 aliphatic heterocycles. The summed E-state index contributed by atoms with van der Waals surface area (Å²) in [5.41, 5.74) is 1.50. The van der Waals surface area contributed by atoms with Crippen LogP contribution in [0.2, 0.25) is 0 Å². The maximum atomic E-state index is 10.2. The van der Waals surface area contributed by atoms with Crippen molar-refractivity contribution in [1.82, 2.24) is 10.2 Å². The summed E-state index contributed by atoms with van der Waals surface area (Å²) in [6.45, 7) is 4.02. The predicted octanol–water partition coefficient (Wildman–Crippen LogP) is 1.67. The lowest BCUT2D eigenvalue weighted by Gasteiger charge is -2.16. The van der Waals surface area contributed by atoms with E-state index in [2.05, 4.69) is 16.3 Å². The van der Waals surface area contributed by atoms with E-state index in [1.807, 2.05) is 12.1 Å². The molecule has 2 atom stereocenters. The van der Waals surface area contributed by atoms with Crippen LogP contribution >= 0.6 is 0 Å². The first-order valence-electron chi connectivity index (χ1n) is 7.89. The molecule has 4 heteroatoms. The fraction of sp³-hybridized carbons (Fsp3) is 0.588. The van der Waals surface area contributed by atoms with Crippen molar-refractivity contribution in [2.75, 3.05) is 26.2 Å². The largest absolute Gasteiger partial charge is 0.387 e.